The Morgan fingerprint density at radius 2 is 1.75 bits per heavy atom. The Balaban J connectivity index is 1.40. The quantitative estimate of drug-likeness (QED) is 0.829. The fourth-order valence-electron chi connectivity index (χ4n) is 4.16. The van der Waals surface area contributed by atoms with E-state index in [0.29, 0.717) is 6.04 Å². The zero-order valence-electron chi connectivity index (χ0n) is 14.3. The zero-order chi connectivity index (χ0) is 16.4. The summed E-state index contributed by atoms with van der Waals surface area (Å²) in [7, 11) is 0. The number of hydrogen-bond donors (Lipinski definition) is 0. The lowest BCUT2D eigenvalue weighted by molar-refractivity contribution is 0.0372. The van der Waals surface area contributed by atoms with Gasteiger partial charge >= 0.3 is 0 Å². The molecule has 1 aromatic rings. The highest BCUT2D eigenvalue weighted by molar-refractivity contribution is 5.94. The van der Waals surface area contributed by atoms with Crippen LogP contribution in [0.15, 0.2) is 24.3 Å². The van der Waals surface area contributed by atoms with Crippen LogP contribution in [0.4, 0.5) is 5.69 Å². The maximum atomic E-state index is 12.8. The van der Waals surface area contributed by atoms with Gasteiger partial charge in [-0.2, -0.15) is 0 Å². The molecule has 1 unspecified atom stereocenters. The van der Waals surface area contributed by atoms with Crippen LogP contribution in [0.3, 0.4) is 0 Å². The number of rotatable bonds is 2. The predicted octanol–water partition coefficient (Wildman–Crippen LogP) is 1.83. The molecule has 3 saturated heterocycles. The molecule has 1 amide bonds. The topological polar surface area (TPSA) is 36.0 Å². The number of fused-ring (bicyclic) bond motifs is 1. The number of carbonyl (C=O) groups is 1. The third-order valence-corrected chi connectivity index (χ3v) is 5.62. The molecule has 3 aliphatic rings. The van der Waals surface area contributed by atoms with Crippen molar-refractivity contribution in [3.63, 3.8) is 0 Å². The van der Waals surface area contributed by atoms with E-state index >= 15 is 0 Å². The summed E-state index contributed by atoms with van der Waals surface area (Å²) in [5.41, 5.74) is 2.00. The second-order valence-electron chi connectivity index (χ2n) is 7.08. The Labute approximate surface area is 144 Å². The SMILES string of the molecule is O=C(c1ccc(N2CCOCC2)cc1)N1CCN2CCCCC2C1. The summed E-state index contributed by atoms with van der Waals surface area (Å²) in [6.45, 7) is 7.42. The van der Waals surface area contributed by atoms with Gasteiger partial charge in [0.1, 0.15) is 0 Å². The zero-order valence-corrected chi connectivity index (χ0v) is 14.3. The lowest BCUT2D eigenvalue weighted by Gasteiger charge is -2.44. The van der Waals surface area contributed by atoms with Gasteiger partial charge in [-0.05, 0) is 43.7 Å². The van der Waals surface area contributed by atoms with Gasteiger partial charge in [0, 0.05) is 50.0 Å². The molecule has 5 heteroatoms. The van der Waals surface area contributed by atoms with Crippen molar-refractivity contribution >= 4 is 11.6 Å². The van der Waals surface area contributed by atoms with Crippen molar-refractivity contribution in [2.75, 3.05) is 57.4 Å². The molecule has 1 aromatic carbocycles. The van der Waals surface area contributed by atoms with Crippen molar-refractivity contribution in [1.82, 2.24) is 9.80 Å². The molecule has 3 fully saturated rings. The molecular weight excluding hydrogens is 302 g/mol. The standard InChI is InChI=1S/C19H27N3O2/c23-19(22-10-9-20-8-2-1-3-18(20)15-22)16-4-6-17(7-5-16)21-11-13-24-14-12-21/h4-7,18H,1-3,8-15H2. The van der Waals surface area contributed by atoms with Crippen LogP contribution < -0.4 is 4.90 Å². The summed E-state index contributed by atoms with van der Waals surface area (Å²) in [4.78, 5) is 19.8. The smallest absolute Gasteiger partial charge is 0.253 e. The number of morpholine rings is 1. The molecule has 0 spiro atoms. The van der Waals surface area contributed by atoms with E-state index in [1.165, 1.54) is 31.5 Å². The summed E-state index contributed by atoms with van der Waals surface area (Å²) in [5.74, 6) is 0.189. The van der Waals surface area contributed by atoms with E-state index in [1.807, 2.05) is 12.1 Å². The first-order valence-corrected chi connectivity index (χ1v) is 9.27. The van der Waals surface area contributed by atoms with E-state index in [2.05, 4.69) is 26.8 Å². The monoisotopic (exact) mass is 329 g/mol. The molecule has 1 atom stereocenters. The molecular formula is C19H27N3O2. The molecule has 130 valence electrons. The van der Waals surface area contributed by atoms with E-state index in [0.717, 1.165) is 51.5 Å². The first kappa shape index (κ1) is 15.9. The number of hydrogen-bond acceptors (Lipinski definition) is 4. The molecule has 0 bridgehead atoms. The Bertz CT molecular complexity index is 568. The van der Waals surface area contributed by atoms with Gasteiger partial charge < -0.3 is 14.5 Å². The number of amides is 1. The summed E-state index contributed by atoms with van der Waals surface area (Å²) in [5, 5.41) is 0. The van der Waals surface area contributed by atoms with Gasteiger partial charge in [-0.1, -0.05) is 6.42 Å². The summed E-state index contributed by atoms with van der Waals surface area (Å²) >= 11 is 0. The van der Waals surface area contributed by atoms with Crippen LogP contribution in [-0.2, 0) is 4.74 Å². The first-order valence-electron chi connectivity index (χ1n) is 9.27. The van der Waals surface area contributed by atoms with Crippen molar-refractivity contribution in [2.45, 2.75) is 25.3 Å². The molecule has 3 heterocycles. The molecule has 0 aliphatic carbocycles. The van der Waals surface area contributed by atoms with Gasteiger partial charge in [0.25, 0.3) is 5.91 Å². The van der Waals surface area contributed by atoms with Gasteiger partial charge in [-0.25, -0.2) is 0 Å². The van der Waals surface area contributed by atoms with Crippen molar-refractivity contribution in [3.05, 3.63) is 29.8 Å². The van der Waals surface area contributed by atoms with Crippen LogP contribution in [0.5, 0.6) is 0 Å². The van der Waals surface area contributed by atoms with Gasteiger partial charge in [0.05, 0.1) is 13.2 Å². The van der Waals surface area contributed by atoms with E-state index in [1.54, 1.807) is 0 Å². The minimum atomic E-state index is 0.189. The van der Waals surface area contributed by atoms with Gasteiger partial charge in [-0.3, -0.25) is 9.69 Å². The average Bonchev–Trinajstić information content (AvgIpc) is 2.68. The summed E-state index contributed by atoms with van der Waals surface area (Å²) < 4.78 is 5.40. The maximum absolute atomic E-state index is 12.8. The van der Waals surface area contributed by atoms with Gasteiger partial charge in [-0.15, -0.1) is 0 Å². The van der Waals surface area contributed by atoms with Crippen molar-refractivity contribution in [2.24, 2.45) is 0 Å². The van der Waals surface area contributed by atoms with Crippen LogP contribution in [0.2, 0.25) is 0 Å². The van der Waals surface area contributed by atoms with Gasteiger partial charge in [0.2, 0.25) is 0 Å². The van der Waals surface area contributed by atoms with Crippen molar-refractivity contribution in [1.29, 1.82) is 0 Å². The molecule has 3 aliphatic heterocycles. The second kappa shape index (κ2) is 7.11. The molecule has 0 aromatic heterocycles. The van der Waals surface area contributed by atoms with Gasteiger partial charge in [0.15, 0.2) is 0 Å². The molecule has 24 heavy (non-hydrogen) atoms. The van der Waals surface area contributed by atoms with Crippen molar-refractivity contribution < 1.29 is 9.53 Å². The van der Waals surface area contributed by atoms with E-state index in [-0.39, 0.29) is 5.91 Å². The Morgan fingerprint density at radius 3 is 2.54 bits per heavy atom. The third-order valence-electron chi connectivity index (χ3n) is 5.62. The molecule has 5 nitrogen and oxygen atoms in total. The fraction of sp³-hybridized carbons (Fsp3) is 0.632. The van der Waals surface area contributed by atoms with Crippen LogP contribution in [0.1, 0.15) is 29.6 Å². The largest absolute Gasteiger partial charge is 0.378 e. The van der Waals surface area contributed by atoms with E-state index in [4.69, 9.17) is 4.74 Å². The summed E-state index contributed by atoms with van der Waals surface area (Å²) in [6.07, 6.45) is 3.85. The minimum absolute atomic E-state index is 0.189. The lowest BCUT2D eigenvalue weighted by Crippen LogP contribution is -2.56. The number of anilines is 1. The molecule has 0 radical (unpaired) electrons. The fourth-order valence-corrected chi connectivity index (χ4v) is 4.16. The Morgan fingerprint density at radius 1 is 0.958 bits per heavy atom. The first-order chi connectivity index (χ1) is 11.8. The number of ether oxygens (including phenoxy) is 1. The Hall–Kier alpha value is -1.59. The Kier molecular flexibility index (Phi) is 4.72. The van der Waals surface area contributed by atoms with Crippen LogP contribution >= 0.6 is 0 Å². The highest BCUT2D eigenvalue weighted by Gasteiger charge is 2.31. The average molecular weight is 329 g/mol. The number of nitrogens with zero attached hydrogens (tertiary/aromatic N) is 3. The molecule has 4 rings (SSSR count). The predicted molar refractivity (Wildman–Crippen MR) is 94.6 cm³/mol. The third kappa shape index (κ3) is 3.28. The number of piperazine rings is 1. The van der Waals surface area contributed by atoms with Crippen LogP contribution in [-0.4, -0.2) is 74.2 Å². The second-order valence-corrected chi connectivity index (χ2v) is 7.08. The molecule has 0 saturated carbocycles. The normalized spacial score (nSPS) is 25.4. The lowest BCUT2D eigenvalue weighted by atomic mass is 9.99. The van der Waals surface area contributed by atoms with Crippen LogP contribution in [0, 0.1) is 0 Å². The highest BCUT2D eigenvalue weighted by atomic mass is 16.5. The summed E-state index contributed by atoms with van der Waals surface area (Å²) in [6, 6.07) is 8.70. The number of benzene rings is 1. The highest BCUT2D eigenvalue weighted by Crippen LogP contribution is 2.23. The van der Waals surface area contributed by atoms with E-state index < -0.39 is 0 Å². The number of piperidine rings is 1. The van der Waals surface area contributed by atoms with Crippen molar-refractivity contribution in [3.8, 4) is 0 Å². The maximum Gasteiger partial charge on any atom is 0.253 e. The van der Waals surface area contributed by atoms with E-state index in [9.17, 15) is 4.79 Å². The minimum Gasteiger partial charge on any atom is -0.378 e. The molecule has 0 N–H and O–H groups in total. The number of carbonyl (C=O) groups excluding carboxylic acids is 1. The van der Waals surface area contributed by atoms with Crippen LogP contribution in [0.25, 0.3) is 0 Å².